The SMILES string of the molecule is C=C(O)C1CC(c2ccc(CC)cc2)CN(C(=O)N2CC(O)C2)C1. The van der Waals surface area contributed by atoms with Crippen LogP contribution >= 0.6 is 0 Å². The van der Waals surface area contributed by atoms with Crippen LogP contribution in [0.1, 0.15) is 30.4 Å². The molecule has 0 bridgehead atoms. The van der Waals surface area contributed by atoms with Crippen LogP contribution in [-0.2, 0) is 6.42 Å². The number of carbonyl (C=O) groups excluding carboxylic acids is 1. The molecule has 2 N–H and O–H groups in total. The third kappa shape index (κ3) is 3.41. The molecule has 130 valence electrons. The van der Waals surface area contributed by atoms with Gasteiger partial charge in [0, 0.05) is 24.9 Å². The van der Waals surface area contributed by atoms with Crippen LogP contribution in [0.4, 0.5) is 4.79 Å². The van der Waals surface area contributed by atoms with E-state index in [4.69, 9.17) is 0 Å². The Labute approximate surface area is 143 Å². The van der Waals surface area contributed by atoms with Crippen LogP contribution < -0.4 is 0 Å². The number of aliphatic hydroxyl groups excluding tert-OH is 2. The zero-order chi connectivity index (χ0) is 17.3. The van der Waals surface area contributed by atoms with Gasteiger partial charge in [-0.25, -0.2) is 4.79 Å². The number of β-amino-alcohol motifs (C(OH)–C–C–N with tert-alkyl or cyclic N) is 1. The van der Waals surface area contributed by atoms with Crippen LogP contribution in [0.15, 0.2) is 36.6 Å². The second-order valence-electron chi connectivity index (χ2n) is 6.96. The zero-order valence-electron chi connectivity index (χ0n) is 14.2. The van der Waals surface area contributed by atoms with Crippen molar-refractivity contribution in [2.45, 2.75) is 31.8 Å². The quantitative estimate of drug-likeness (QED) is 0.837. The van der Waals surface area contributed by atoms with Gasteiger partial charge in [-0.1, -0.05) is 37.8 Å². The molecule has 2 aliphatic heterocycles. The van der Waals surface area contributed by atoms with Crippen molar-refractivity contribution in [2.75, 3.05) is 26.2 Å². The minimum atomic E-state index is -0.403. The van der Waals surface area contributed by atoms with Gasteiger partial charge in [-0.05, 0) is 24.0 Å². The summed E-state index contributed by atoms with van der Waals surface area (Å²) in [5.74, 6) is 0.227. The van der Waals surface area contributed by atoms with Crippen molar-refractivity contribution in [3.05, 3.63) is 47.7 Å². The maximum atomic E-state index is 12.6. The molecule has 0 aromatic heterocycles. The van der Waals surface area contributed by atoms with Crippen LogP contribution in [0.5, 0.6) is 0 Å². The largest absolute Gasteiger partial charge is 0.513 e. The molecule has 1 aromatic carbocycles. The number of likely N-dealkylation sites (tertiary alicyclic amines) is 2. The van der Waals surface area contributed by atoms with Crippen LogP contribution in [0, 0.1) is 5.92 Å². The summed E-state index contributed by atoms with van der Waals surface area (Å²) >= 11 is 0. The van der Waals surface area contributed by atoms with Gasteiger partial charge in [0.15, 0.2) is 0 Å². The normalized spacial score (nSPS) is 24.6. The van der Waals surface area contributed by atoms with Gasteiger partial charge >= 0.3 is 6.03 Å². The Morgan fingerprint density at radius 2 is 1.79 bits per heavy atom. The molecule has 0 saturated carbocycles. The Morgan fingerprint density at radius 3 is 2.33 bits per heavy atom. The fourth-order valence-corrected chi connectivity index (χ4v) is 3.58. The molecule has 2 saturated heterocycles. The Bertz CT molecular complexity index is 608. The maximum absolute atomic E-state index is 12.6. The molecule has 2 atom stereocenters. The summed E-state index contributed by atoms with van der Waals surface area (Å²) < 4.78 is 0. The number of benzene rings is 1. The molecule has 2 aliphatic rings. The number of hydrogen-bond acceptors (Lipinski definition) is 3. The predicted molar refractivity (Wildman–Crippen MR) is 93.0 cm³/mol. The van der Waals surface area contributed by atoms with Crippen molar-refractivity contribution >= 4 is 6.03 Å². The summed E-state index contributed by atoms with van der Waals surface area (Å²) in [6.45, 7) is 7.74. The van der Waals surface area contributed by atoms with E-state index in [2.05, 4.69) is 37.8 Å². The first kappa shape index (κ1) is 16.8. The molecule has 0 aliphatic carbocycles. The van der Waals surface area contributed by atoms with Gasteiger partial charge in [0.1, 0.15) is 0 Å². The first-order valence-corrected chi connectivity index (χ1v) is 8.66. The van der Waals surface area contributed by atoms with E-state index in [0.29, 0.717) is 26.2 Å². The minimum absolute atomic E-state index is 0.0542. The molecule has 2 amide bonds. The van der Waals surface area contributed by atoms with Gasteiger partial charge in [0.05, 0.1) is 25.0 Å². The van der Waals surface area contributed by atoms with E-state index in [1.807, 2.05) is 0 Å². The molecule has 2 heterocycles. The van der Waals surface area contributed by atoms with Gasteiger partial charge in [-0.15, -0.1) is 0 Å². The summed E-state index contributed by atoms with van der Waals surface area (Å²) in [5, 5.41) is 19.3. The Hall–Kier alpha value is -2.01. The highest BCUT2D eigenvalue weighted by Crippen LogP contribution is 2.33. The summed E-state index contributed by atoms with van der Waals surface area (Å²) in [6.07, 6.45) is 1.40. The molecule has 2 fully saturated rings. The first-order chi connectivity index (χ1) is 11.5. The lowest BCUT2D eigenvalue weighted by molar-refractivity contribution is 0.00986. The number of amides is 2. The number of aliphatic hydroxyl groups is 2. The summed E-state index contributed by atoms with van der Waals surface area (Å²) in [4.78, 5) is 16.0. The standard InChI is InChI=1S/C19H26N2O3/c1-3-14-4-6-15(7-5-14)17-8-16(13(2)22)9-20(10-17)19(24)21-11-18(23)12-21/h4-7,16-18,22-23H,2-3,8-12H2,1H3. The highest BCUT2D eigenvalue weighted by atomic mass is 16.3. The van der Waals surface area contributed by atoms with E-state index in [0.717, 1.165) is 12.8 Å². The Morgan fingerprint density at radius 1 is 1.17 bits per heavy atom. The molecule has 5 heteroatoms. The molecule has 3 rings (SSSR count). The van der Waals surface area contributed by atoms with Crippen molar-refractivity contribution in [1.82, 2.24) is 9.80 Å². The second kappa shape index (κ2) is 6.85. The van der Waals surface area contributed by atoms with E-state index in [-0.39, 0.29) is 23.6 Å². The highest BCUT2D eigenvalue weighted by molar-refractivity contribution is 5.75. The number of piperidine rings is 1. The molecule has 2 unspecified atom stereocenters. The third-order valence-electron chi connectivity index (χ3n) is 5.18. The monoisotopic (exact) mass is 330 g/mol. The van der Waals surface area contributed by atoms with E-state index < -0.39 is 6.10 Å². The fraction of sp³-hybridized carbons (Fsp3) is 0.526. The highest BCUT2D eigenvalue weighted by Gasteiger charge is 2.37. The molecule has 1 aromatic rings. The van der Waals surface area contributed by atoms with Gasteiger partial charge in [0.2, 0.25) is 0 Å². The smallest absolute Gasteiger partial charge is 0.320 e. The molecule has 5 nitrogen and oxygen atoms in total. The molecule has 24 heavy (non-hydrogen) atoms. The summed E-state index contributed by atoms with van der Waals surface area (Å²) in [7, 11) is 0. The maximum Gasteiger partial charge on any atom is 0.320 e. The van der Waals surface area contributed by atoms with Crippen LogP contribution in [-0.4, -0.2) is 58.3 Å². The third-order valence-corrected chi connectivity index (χ3v) is 5.18. The average Bonchev–Trinajstić information content (AvgIpc) is 2.58. The van der Waals surface area contributed by atoms with Gasteiger partial charge < -0.3 is 20.0 Å². The number of rotatable bonds is 3. The predicted octanol–water partition coefficient (Wildman–Crippen LogP) is 2.52. The molecule has 0 radical (unpaired) electrons. The number of carbonyl (C=O) groups is 1. The van der Waals surface area contributed by atoms with E-state index >= 15 is 0 Å². The van der Waals surface area contributed by atoms with Gasteiger partial charge in [-0.2, -0.15) is 0 Å². The number of aryl methyl sites for hydroxylation is 1. The van der Waals surface area contributed by atoms with Crippen molar-refractivity contribution < 1.29 is 15.0 Å². The van der Waals surface area contributed by atoms with E-state index in [9.17, 15) is 15.0 Å². The Balaban J connectivity index is 1.75. The molecular weight excluding hydrogens is 304 g/mol. The van der Waals surface area contributed by atoms with Crippen LogP contribution in [0.2, 0.25) is 0 Å². The summed E-state index contributed by atoms with van der Waals surface area (Å²) in [6, 6.07) is 8.46. The minimum Gasteiger partial charge on any atom is -0.513 e. The van der Waals surface area contributed by atoms with E-state index in [1.165, 1.54) is 11.1 Å². The first-order valence-electron chi connectivity index (χ1n) is 8.66. The lowest BCUT2D eigenvalue weighted by Gasteiger charge is -2.43. The number of hydrogen-bond donors (Lipinski definition) is 2. The fourth-order valence-electron chi connectivity index (χ4n) is 3.58. The van der Waals surface area contributed by atoms with Crippen LogP contribution in [0.3, 0.4) is 0 Å². The molecular formula is C19H26N2O3. The van der Waals surface area contributed by atoms with Crippen molar-refractivity contribution in [3.63, 3.8) is 0 Å². The van der Waals surface area contributed by atoms with Crippen molar-refractivity contribution in [1.29, 1.82) is 0 Å². The topological polar surface area (TPSA) is 64.0 Å². The number of urea groups is 1. The van der Waals surface area contributed by atoms with Crippen molar-refractivity contribution in [2.24, 2.45) is 5.92 Å². The zero-order valence-corrected chi connectivity index (χ0v) is 14.2. The average molecular weight is 330 g/mol. The number of nitrogens with zero attached hydrogens (tertiary/aromatic N) is 2. The Kier molecular flexibility index (Phi) is 4.81. The lowest BCUT2D eigenvalue weighted by Crippen LogP contribution is -2.59. The van der Waals surface area contributed by atoms with Crippen molar-refractivity contribution in [3.8, 4) is 0 Å². The lowest BCUT2D eigenvalue weighted by atomic mass is 9.83. The van der Waals surface area contributed by atoms with Crippen LogP contribution in [0.25, 0.3) is 0 Å². The van der Waals surface area contributed by atoms with Gasteiger partial charge in [0.25, 0.3) is 0 Å². The second-order valence-corrected chi connectivity index (χ2v) is 6.96. The molecule has 0 spiro atoms. The van der Waals surface area contributed by atoms with E-state index in [1.54, 1.807) is 9.80 Å². The van der Waals surface area contributed by atoms with Gasteiger partial charge in [-0.3, -0.25) is 0 Å². The summed E-state index contributed by atoms with van der Waals surface area (Å²) in [5.41, 5.74) is 2.49.